The Bertz CT molecular complexity index is 528. The highest BCUT2D eigenvalue weighted by Crippen LogP contribution is 2.17. The van der Waals surface area contributed by atoms with Gasteiger partial charge in [-0.2, -0.15) is 0 Å². The molecule has 0 amide bonds. The van der Waals surface area contributed by atoms with Crippen LogP contribution in [0.1, 0.15) is 24.2 Å². The number of ether oxygens (including phenoxy) is 1. The maximum Gasteiger partial charge on any atom is 0.213 e. The smallest absolute Gasteiger partial charge is 0.213 e. The highest BCUT2D eigenvalue weighted by Gasteiger charge is 2.05. The van der Waals surface area contributed by atoms with Crippen LogP contribution in [-0.4, -0.2) is 12.1 Å². The zero-order chi connectivity index (χ0) is 13.7. The van der Waals surface area contributed by atoms with Gasteiger partial charge in [0.15, 0.2) is 0 Å². The van der Waals surface area contributed by atoms with Gasteiger partial charge in [-0.15, -0.1) is 0 Å². The second-order valence-electron chi connectivity index (χ2n) is 4.33. The first-order valence-corrected chi connectivity index (χ1v) is 6.97. The summed E-state index contributed by atoms with van der Waals surface area (Å²) in [7, 11) is 1.63. The van der Waals surface area contributed by atoms with Crippen LogP contribution in [0.2, 0.25) is 0 Å². The third-order valence-corrected chi connectivity index (χ3v) is 3.48. The normalized spacial score (nSPS) is 12.2. The molecule has 3 nitrogen and oxygen atoms in total. The third-order valence-electron chi connectivity index (χ3n) is 2.95. The summed E-state index contributed by atoms with van der Waals surface area (Å²) in [5.41, 5.74) is 2.23. The Morgan fingerprint density at radius 3 is 2.63 bits per heavy atom. The third kappa shape index (κ3) is 4.04. The van der Waals surface area contributed by atoms with Crippen LogP contribution in [-0.2, 0) is 6.54 Å². The van der Waals surface area contributed by atoms with Crippen molar-refractivity contribution in [2.75, 3.05) is 7.11 Å². The predicted octanol–water partition coefficient (Wildman–Crippen LogP) is 3.70. The molecule has 100 valence electrons. The summed E-state index contributed by atoms with van der Waals surface area (Å²) < 4.78 is 6.21. The van der Waals surface area contributed by atoms with Gasteiger partial charge < -0.3 is 10.1 Å². The molecular weight excluding hydrogens is 304 g/mol. The highest BCUT2D eigenvalue weighted by molar-refractivity contribution is 9.10. The molecule has 0 bridgehead atoms. The van der Waals surface area contributed by atoms with Crippen LogP contribution in [0.4, 0.5) is 0 Å². The summed E-state index contributed by atoms with van der Waals surface area (Å²) in [6, 6.07) is 14.4. The molecule has 1 aromatic heterocycles. The lowest BCUT2D eigenvalue weighted by Crippen LogP contribution is -2.18. The van der Waals surface area contributed by atoms with Crippen molar-refractivity contribution in [2.45, 2.75) is 19.5 Å². The summed E-state index contributed by atoms with van der Waals surface area (Å²) in [5, 5.41) is 3.45. The van der Waals surface area contributed by atoms with E-state index < -0.39 is 0 Å². The largest absolute Gasteiger partial charge is 0.481 e. The monoisotopic (exact) mass is 320 g/mol. The molecule has 0 aliphatic carbocycles. The van der Waals surface area contributed by atoms with E-state index in [4.69, 9.17) is 4.74 Å². The zero-order valence-corrected chi connectivity index (χ0v) is 12.6. The van der Waals surface area contributed by atoms with E-state index in [1.54, 1.807) is 7.11 Å². The van der Waals surface area contributed by atoms with Crippen LogP contribution in [0.5, 0.6) is 5.88 Å². The van der Waals surface area contributed by atoms with Gasteiger partial charge in [-0.3, -0.25) is 0 Å². The van der Waals surface area contributed by atoms with Crippen LogP contribution in [0, 0.1) is 0 Å². The molecule has 1 N–H and O–H groups in total. The lowest BCUT2D eigenvalue weighted by molar-refractivity contribution is 0.395. The van der Waals surface area contributed by atoms with Gasteiger partial charge in [-0.05, 0) is 30.7 Å². The fourth-order valence-electron chi connectivity index (χ4n) is 1.80. The predicted molar refractivity (Wildman–Crippen MR) is 80.2 cm³/mol. The van der Waals surface area contributed by atoms with Gasteiger partial charge in [0.05, 0.1) is 12.8 Å². The van der Waals surface area contributed by atoms with Gasteiger partial charge in [-0.1, -0.05) is 34.1 Å². The Balaban J connectivity index is 1.96. The molecule has 1 atom stereocenters. The van der Waals surface area contributed by atoms with E-state index in [0.29, 0.717) is 12.4 Å². The van der Waals surface area contributed by atoms with Crippen LogP contribution >= 0.6 is 15.9 Å². The molecule has 1 heterocycles. The minimum atomic E-state index is 0.279. The lowest BCUT2D eigenvalue weighted by atomic mass is 10.1. The standard InChI is InChI=1S/C15H17BrN2O/c1-11(12-6-8-13(16)9-7-12)17-10-14-4-3-5-15(18-14)19-2/h3-9,11,17H,10H2,1-2H3/t11-/m1/s1. The molecule has 0 aliphatic heterocycles. The Morgan fingerprint density at radius 1 is 1.21 bits per heavy atom. The highest BCUT2D eigenvalue weighted by atomic mass is 79.9. The maximum atomic E-state index is 5.12. The molecule has 0 spiro atoms. The molecular formula is C15H17BrN2O. The van der Waals surface area contributed by atoms with Crippen molar-refractivity contribution in [3.63, 3.8) is 0 Å². The van der Waals surface area contributed by atoms with Crippen LogP contribution in [0.15, 0.2) is 46.9 Å². The second kappa shape index (κ2) is 6.68. The summed E-state index contributed by atoms with van der Waals surface area (Å²) in [4.78, 5) is 4.38. The minimum Gasteiger partial charge on any atom is -0.481 e. The van der Waals surface area contributed by atoms with Crippen molar-refractivity contribution in [1.82, 2.24) is 10.3 Å². The molecule has 19 heavy (non-hydrogen) atoms. The lowest BCUT2D eigenvalue weighted by Gasteiger charge is -2.14. The molecule has 0 saturated heterocycles. The van der Waals surface area contributed by atoms with Gasteiger partial charge in [0.25, 0.3) is 0 Å². The Morgan fingerprint density at radius 2 is 1.95 bits per heavy atom. The van der Waals surface area contributed by atoms with Gasteiger partial charge >= 0.3 is 0 Å². The maximum absolute atomic E-state index is 5.12. The summed E-state index contributed by atoms with van der Waals surface area (Å²) in [5.74, 6) is 0.649. The number of benzene rings is 1. The number of nitrogens with one attached hydrogen (secondary N) is 1. The van der Waals surface area contributed by atoms with E-state index in [2.05, 4.69) is 57.4 Å². The molecule has 2 rings (SSSR count). The van der Waals surface area contributed by atoms with Crippen LogP contribution < -0.4 is 10.1 Å². The van der Waals surface area contributed by atoms with Gasteiger partial charge in [-0.25, -0.2) is 4.98 Å². The van der Waals surface area contributed by atoms with Crippen LogP contribution in [0.3, 0.4) is 0 Å². The first-order valence-electron chi connectivity index (χ1n) is 6.18. The molecule has 0 radical (unpaired) electrons. The number of halogens is 1. The quantitative estimate of drug-likeness (QED) is 0.912. The first kappa shape index (κ1) is 14.0. The molecule has 0 aliphatic rings. The molecule has 4 heteroatoms. The number of rotatable bonds is 5. The summed E-state index contributed by atoms with van der Waals surface area (Å²) in [6.45, 7) is 2.86. The average Bonchev–Trinajstić information content (AvgIpc) is 2.46. The Labute approximate surface area is 122 Å². The molecule has 0 fully saturated rings. The Kier molecular flexibility index (Phi) is 4.93. The van der Waals surface area contributed by atoms with Crippen molar-refractivity contribution in [3.05, 3.63) is 58.2 Å². The SMILES string of the molecule is COc1cccc(CN[C@H](C)c2ccc(Br)cc2)n1. The summed E-state index contributed by atoms with van der Waals surface area (Å²) >= 11 is 3.44. The second-order valence-corrected chi connectivity index (χ2v) is 5.24. The van der Waals surface area contributed by atoms with E-state index >= 15 is 0 Å². The number of hydrogen-bond acceptors (Lipinski definition) is 3. The van der Waals surface area contributed by atoms with Gasteiger partial charge in [0.2, 0.25) is 5.88 Å². The van der Waals surface area contributed by atoms with Crippen molar-refractivity contribution in [3.8, 4) is 5.88 Å². The number of aromatic nitrogens is 1. The van der Waals surface area contributed by atoms with E-state index in [9.17, 15) is 0 Å². The topological polar surface area (TPSA) is 34.1 Å². The van der Waals surface area contributed by atoms with Crippen LogP contribution in [0.25, 0.3) is 0 Å². The van der Waals surface area contributed by atoms with E-state index in [-0.39, 0.29) is 6.04 Å². The van der Waals surface area contributed by atoms with Gasteiger partial charge in [0, 0.05) is 23.1 Å². The fraction of sp³-hybridized carbons (Fsp3) is 0.267. The molecule has 0 unspecified atom stereocenters. The molecule has 0 saturated carbocycles. The first-order chi connectivity index (χ1) is 9.19. The number of hydrogen-bond donors (Lipinski definition) is 1. The number of nitrogens with zero attached hydrogens (tertiary/aromatic N) is 1. The zero-order valence-electron chi connectivity index (χ0n) is 11.1. The number of methoxy groups -OCH3 is 1. The van der Waals surface area contributed by atoms with E-state index in [0.717, 1.165) is 10.2 Å². The molecule has 2 aromatic rings. The number of pyridine rings is 1. The average molecular weight is 321 g/mol. The van der Waals surface area contributed by atoms with Crippen molar-refractivity contribution >= 4 is 15.9 Å². The van der Waals surface area contributed by atoms with Crippen molar-refractivity contribution in [1.29, 1.82) is 0 Å². The Hall–Kier alpha value is -1.39. The fourth-order valence-corrected chi connectivity index (χ4v) is 2.06. The summed E-state index contributed by atoms with van der Waals surface area (Å²) in [6.07, 6.45) is 0. The molecule has 1 aromatic carbocycles. The van der Waals surface area contributed by atoms with Gasteiger partial charge in [0.1, 0.15) is 0 Å². The van der Waals surface area contributed by atoms with E-state index in [1.165, 1.54) is 5.56 Å². The van der Waals surface area contributed by atoms with E-state index in [1.807, 2.05) is 18.2 Å². The van der Waals surface area contributed by atoms with Crippen molar-refractivity contribution in [2.24, 2.45) is 0 Å². The minimum absolute atomic E-state index is 0.279. The van der Waals surface area contributed by atoms with Crippen molar-refractivity contribution < 1.29 is 4.74 Å².